The second-order valence-corrected chi connectivity index (χ2v) is 6.34. The molecule has 0 unspecified atom stereocenters. The van der Waals surface area contributed by atoms with E-state index in [4.69, 9.17) is 0 Å². The lowest BCUT2D eigenvalue weighted by atomic mass is 10.1. The number of anilines is 1. The highest BCUT2D eigenvalue weighted by atomic mass is 16.2. The van der Waals surface area contributed by atoms with E-state index in [0.717, 1.165) is 43.7 Å². The Bertz CT molecular complexity index is 743. The van der Waals surface area contributed by atoms with Gasteiger partial charge in [0.05, 0.1) is 29.7 Å². The van der Waals surface area contributed by atoms with Crippen LogP contribution in [0.2, 0.25) is 0 Å². The Balaban J connectivity index is 1.55. The molecule has 1 atom stereocenters. The molecule has 7 nitrogen and oxygen atoms in total. The minimum atomic E-state index is -0.0404. The van der Waals surface area contributed by atoms with Crippen LogP contribution in [0, 0.1) is 0 Å². The smallest absolute Gasteiger partial charge is 0.257 e. The molecule has 1 aliphatic heterocycles. The molecule has 2 aliphatic rings. The Morgan fingerprint density at radius 1 is 1.17 bits per heavy atom. The van der Waals surface area contributed by atoms with Crippen LogP contribution < -0.4 is 5.32 Å². The van der Waals surface area contributed by atoms with Crippen molar-refractivity contribution >= 4 is 11.7 Å². The molecular formula is C17H20N6O. The highest BCUT2D eigenvalue weighted by molar-refractivity contribution is 5.94. The molecule has 0 spiro atoms. The number of rotatable bonds is 4. The second-order valence-electron chi connectivity index (χ2n) is 6.34. The largest absolute Gasteiger partial charge is 0.372 e. The van der Waals surface area contributed by atoms with Crippen molar-refractivity contribution in [2.24, 2.45) is 0 Å². The molecule has 1 amide bonds. The van der Waals surface area contributed by atoms with Gasteiger partial charge in [0.15, 0.2) is 0 Å². The zero-order valence-electron chi connectivity index (χ0n) is 13.6. The maximum Gasteiger partial charge on any atom is 0.257 e. The third-order valence-electron chi connectivity index (χ3n) is 4.63. The molecule has 1 aliphatic carbocycles. The Morgan fingerprint density at radius 2 is 1.96 bits per heavy atom. The van der Waals surface area contributed by atoms with Crippen molar-refractivity contribution < 1.29 is 4.79 Å². The van der Waals surface area contributed by atoms with Gasteiger partial charge >= 0.3 is 0 Å². The van der Waals surface area contributed by atoms with E-state index in [0.29, 0.717) is 17.3 Å². The topological polar surface area (TPSA) is 83.9 Å². The maximum absolute atomic E-state index is 12.9. The van der Waals surface area contributed by atoms with Crippen molar-refractivity contribution in [3.8, 4) is 0 Å². The SMILES string of the molecule is CNc1cncc([C@H]2CCCN2C(=O)c2cnc(C3CC3)nc2)n1. The lowest BCUT2D eigenvalue weighted by Gasteiger charge is -2.24. The Kier molecular flexibility index (Phi) is 3.84. The van der Waals surface area contributed by atoms with E-state index < -0.39 is 0 Å². The van der Waals surface area contributed by atoms with Crippen LogP contribution >= 0.6 is 0 Å². The molecule has 24 heavy (non-hydrogen) atoms. The quantitative estimate of drug-likeness (QED) is 0.928. The van der Waals surface area contributed by atoms with Gasteiger partial charge in [-0.05, 0) is 25.7 Å². The third-order valence-corrected chi connectivity index (χ3v) is 4.63. The lowest BCUT2D eigenvalue weighted by Crippen LogP contribution is -2.31. The highest BCUT2D eigenvalue weighted by Gasteiger charge is 2.33. The van der Waals surface area contributed by atoms with Crippen LogP contribution in [0.4, 0.5) is 5.82 Å². The molecule has 0 radical (unpaired) electrons. The summed E-state index contributed by atoms with van der Waals surface area (Å²) in [5.41, 5.74) is 1.37. The molecule has 1 saturated carbocycles. The van der Waals surface area contributed by atoms with Gasteiger partial charge in [-0.15, -0.1) is 0 Å². The molecule has 124 valence electrons. The van der Waals surface area contributed by atoms with Crippen LogP contribution in [-0.2, 0) is 0 Å². The van der Waals surface area contributed by atoms with Gasteiger partial charge in [-0.1, -0.05) is 0 Å². The number of hydrogen-bond acceptors (Lipinski definition) is 6. The van der Waals surface area contributed by atoms with Crippen molar-refractivity contribution in [3.05, 3.63) is 41.9 Å². The van der Waals surface area contributed by atoms with Gasteiger partial charge < -0.3 is 10.2 Å². The van der Waals surface area contributed by atoms with Crippen molar-refractivity contribution in [1.82, 2.24) is 24.8 Å². The number of aromatic nitrogens is 4. The van der Waals surface area contributed by atoms with Gasteiger partial charge in [-0.3, -0.25) is 9.78 Å². The summed E-state index contributed by atoms with van der Waals surface area (Å²) in [7, 11) is 1.81. The van der Waals surface area contributed by atoms with E-state index in [1.54, 1.807) is 24.8 Å². The van der Waals surface area contributed by atoms with Crippen LogP contribution in [0.3, 0.4) is 0 Å². The van der Waals surface area contributed by atoms with Crippen molar-refractivity contribution in [2.45, 2.75) is 37.6 Å². The van der Waals surface area contributed by atoms with Gasteiger partial charge in [-0.25, -0.2) is 15.0 Å². The summed E-state index contributed by atoms with van der Waals surface area (Å²) in [6, 6.07) is -0.0404. The Hall–Kier alpha value is -2.57. The minimum Gasteiger partial charge on any atom is -0.372 e. The second kappa shape index (κ2) is 6.14. The van der Waals surface area contributed by atoms with Gasteiger partial charge in [0.25, 0.3) is 5.91 Å². The van der Waals surface area contributed by atoms with Crippen molar-refractivity contribution in [1.29, 1.82) is 0 Å². The van der Waals surface area contributed by atoms with Gasteiger partial charge in [-0.2, -0.15) is 0 Å². The Labute approximate surface area is 140 Å². The summed E-state index contributed by atoms with van der Waals surface area (Å²) in [5, 5.41) is 2.99. The molecule has 4 rings (SSSR count). The molecule has 0 aromatic carbocycles. The van der Waals surface area contributed by atoms with Crippen LogP contribution in [0.1, 0.15) is 59.5 Å². The summed E-state index contributed by atoms with van der Waals surface area (Å²) in [4.78, 5) is 32.2. The lowest BCUT2D eigenvalue weighted by molar-refractivity contribution is 0.0732. The zero-order chi connectivity index (χ0) is 16.5. The van der Waals surface area contributed by atoms with Crippen LogP contribution in [0.25, 0.3) is 0 Å². The normalized spacial score (nSPS) is 20.2. The number of likely N-dealkylation sites (tertiary alicyclic amines) is 1. The van der Waals surface area contributed by atoms with Gasteiger partial charge in [0.2, 0.25) is 0 Å². The summed E-state index contributed by atoms with van der Waals surface area (Å²) in [5.74, 6) is 2.03. The van der Waals surface area contributed by atoms with Crippen molar-refractivity contribution in [3.63, 3.8) is 0 Å². The number of nitrogens with zero attached hydrogens (tertiary/aromatic N) is 5. The van der Waals surface area contributed by atoms with E-state index in [2.05, 4.69) is 25.3 Å². The van der Waals surface area contributed by atoms with Crippen LogP contribution in [-0.4, -0.2) is 44.3 Å². The molecule has 7 heteroatoms. The van der Waals surface area contributed by atoms with Gasteiger partial charge in [0, 0.05) is 31.9 Å². The van der Waals surface area contributed by atoms with Gasteiger partial charge in [0.1, 0.15) is 11.6 Å². The fraction of sp³-hybridized carbons (Fsp3) is 0.471. The zero-order valence-corrected chi connectivity index (χ0v) is 13.6. The molecule has 0 bridgehead atoms. The van der Waals surface area contributed by atoms with E-state index in [1.165, 1.54) is 0 Å². The fourth-order valence-corrected chi connectivity index (χ4v) is 3.15. The monoisotopic (exact) mass is 324 g/mol. The van der Waals surface area contributed by atoms with E-state index >= 15 is 0 Å². The summed E-state index contributed by atoms with van der Waals surface area (Å²) in [6.07, 6.45) is 10.9. The predicted octanol–water partition coefficient (Wildman–Crippen LogP) is 2.16. The summed E-state index contributed by atoms with van der Waals surface area (Å²) >= 11 is 0. The van der Waals surface area contributed by atoms with E-state index in [-0.39, 0.29) is 11.9 Å². The first-order valence-electron chi connectivity index (χ1n) is 8.39. The third kappa shape index (κ3) is 2.81. The standard InChI is InChI=1S/C17H20N6O/c1-18-15-10-19-9-13(22-15)14-3-2-6-23(14)17(24)12-7-20-16(21-8-12)11-4-5-11/h7-11,14H,2-6H2,1H3,(H,18,22)/t14-/m1/s1. The Morgan fingerprint density at radius 3 is 2.67 bits per heavy atom. The maximum atomic E-state index is 12.9. The number of carbonyl (C=O) groups excluding carboxylic acids is 1. The minimum absolute atomic E-state index is 0.0310. The van der Waals surface area contributed by atoms with Crippen LogP contribution in [0.5, 0.6) is 0 Å². The molecule has 2 fully saturated rings. The summed E-state index contributed by atoms with van der Waals surface area (Å²) < 4.78 is 0. The molecule has 2 aromatic heterocycles. The van der Waals surface area contributed by atoms with E-state index in [9.17, 15) is 4.79 Å². The fourth-order valence-electron chi connectivity index (χ4n) is 3.15. The first-order valence-corrected chi connectivity index (χ1v) is 8.39. The molecule has 1 N–H and O–H groups in total. The molecule has 3 heterocycles. The van der Waals surface area contributed by atoms with E-state index in [1.807, 2.05) is 11.9 Å². The molecule has 1 saturated heterocycles. The first kappa shape index (κ1) is 15.0. The van der Waals surface area contributed by atoms with Crippen LogP contribution in [0.15, 0.2) is 24.8 Å². The first-order chi connectivity index (χ1) is 11.8. The number of hydrogen-bond donors (Lipinski definition) is 1. The average molecular weight is 324 g/mol. The number of amides is 1. The summed E-state index contributed by atoms with van der Waals surface area (Å²) in [6.45, 7) is 0.722. The van der Waals surface area contributed by atoms with Crippen molar-refractivity contribution in [2.75, 3.05) is 18.9 Å². The predicted molar refractivity (Wildman–Crippen MR) is 88.6 cm³/mol. The highest BCUT2D eigenvalue weighted by Crippen LogP contribution is 2.38. The molecule has 2 aromatic rings. The average Bonchev–Trinajstić information content (AvgIpc) is 3.38. The molecular weight excluding hydrogens is 304 g/mol. The number of carbonyl (C=O) groups is 1. The number of nitrogens with one attached hydrogen (secondary N) is 1.